The maximum absolute atomic E-state index is 12.3. The number of carbonyl (C=O) groups is 1. The van der Waals surface area contributed by atoms with Crippen molar-refractivity contribution in [2.45, 2.75) is 6.04 Å². The van der Waals surface area contributed by atoms with Crippen molar-refractivity contribution in [2.75, 3.05) is 20.6 Å². The summed E-state index contributed by atoms with van der Waals surface area (Å²) >= 11 is 1.68. The fourth-order valence-corrected chi connectivity index (χ4v) is 3.22. The molecule has 0 aliphatic carbocycles. The van der Waals surface area contributed by atoms with Crippen LogP contribution in [0.25, 0.3) is 11.5 Å². The maximum atomic E-state index is 12.3. The largest absolute Gasteiger partial charge is 0.463 e. The first kappa shape index (κ1) is 15.5. The highest BCUT2D eigenvalue weighted by Gasteiger charge is 2.18. The Bertz CT molecular complexity index is 747. The molecule has 120 valence electrons. The number of hydrogen-bond acceptors (Lipinski definition) is 5. The fraction of sp³-hybridized carbons (Fsp3) is 0.250. The van der Waals surface area contributed by atoms with Crippen LogP contribution in [0.5, 0.6) is 0 Å². The number of nitrogens with zero attached hydrogens (tertiary/aromatic N) is 2. The van der Waals surface area contributed by atoms with Gasteiger partial charge in [-0.25, -0.2) is 0 Å². The molecule has 0 spiro atoms. The number of thiophene rings is 1. The van der Waals surface area contributed by atoms with Gasteiger partial charge in [-0.1, -0.05) is 6.07 Å². The minimum Gasteiger partial charge on any atom is -0.463 e. The Balaban J connectivity index is 1.65. The highest BCUT2D eigenvalue weighted by atomic mass is 32.1. The Kier molecular flexibility index (Phi) is 4.59. The molecular weight excluding hydrogens is 312 g/mol. The number of rotatable bonds is 6. The van der Waals surface area contributed by atoms with E-state index in [0.29, 0.717) is 23.7 Å². The Morgan fingerprint density at radius 2 is 2.30 bits per heavy atom. The molecule has 3 aromatic heterocycles. The third-order valence-corrected chi connectivity index (χ3v) is 4.52. The summed E-state index contributed by atoms with van der Waals surface area (Å²) in [6.07, 6.45) is 1.58. The summed E-state index contributed by atoms with van der Waals surface area (Å²) in [5, 5.41) is 11.8. The highest BCUT2D eigenvalue weighted by Crippen LogP contribution is 2.22. The van der Waals surface area contributed by atoms with Crippen LogP contribution in [-0.2, 0) is 0 Å². The molecule has 7 heteroatoms. The van der Waals surface area contributed by atoms with E-state index >= 15 is 0 Å². The standard InChI is InChI=1S/C16H18N4O2S/c1-20(2)13(15-6-4-8-23-15)10-17-16(21)12-9-11(18-19-12)14-5-3-7-22-14/h3-9,13H,10H2,1-2H3,(H,17,21)(H,18,19). The number of carbonyl (C=O) groups excluding carboxylic acids is 1. The van der Waals surface area contributed by atoms with Gasteiger partial charge in [0.15, 0.2) is 11.5 Å². The second-order valence-corrected chi connectivity index (χ2v) is 6.33. The van der Waals surface area contributed by atoms with E-state index < -0.39 is 0 Å². The summed E-state index contributed by atoms with van der Waals surface area (Å²) < 4.78 is 5.28. The van der Waals surface area contributed by atoms with Crippen LogP contribution in [0.1, 0.15) is 21.4 Å². The van der Waals surface area contributed by atoms with Gasteiger partial charge >= 0.3 is 0 Å². The molecule has 2 N–H and O–H groups in total. The molecule has 1 amide bonds. The average molecular weight is 330 g/mol. The van der Waals surface area contributed by atoms with Crippen molar-refractivity contribution in [1.29, 1.82) is 0 Å². The molecule has 3 aromatic rings. The van der Waals surface area contributed by atoms with Crippen molar-refractivity contribution < 1.29 is 9.21 Å². The minimum absolute atomic E-state index is 0.141. The van der Waals surface area contributed by atoms with Crippen LogP contribution in [0.3, 0.4) is 0 Å². The van der Waals surface area contributed by atoms with E-state index in [4.69, 9.17) is 4.42 Å². The number of aromatic amines is 1. The topological polar surface area (TPSA) is 74.2 Å². The quantitative estimate of drug-likeness (QED) is 0.729. The first-order valence-corrected chi connectivity index (χ1v) is 8.10. The van der Waals surface area contributed by atoms with Crippen molar-refractivity contribution >= 4 is 17.2 Å². The maximum Gasteiger partial charge on any atom is 0.271 e. The zero-order valence-electron chi connectivity index (χ0n) is 12.9. The normalized spacial score (nSPS) is 12.5. The van der Waals surface area contributed by atoms with Gasteiger partial charge in [0.1, 0.15) is 5.69 Å². The van der Waals surface area contributed by atoms with Crippen LogP contribution in [0.2, 0.25) is 0 Å². The molecule has 0 saturated heterocycles. The van der Waals surface area contributed by atoms with E-state index in [2.05, 4.69) is 26.5 Å². The minimum atomic E-state index is -0.206. The zero-order chi connectivity index (χ0) is 16.2. The molecule has 0 aromatic carbocycles. The van der Waals surface area contributed by atoms with E-state index in [0.717, 1.165) is 0 Å². The molecule has 1 unspecified atom stereocenters. The van der Waals surface area contributed by atoms with Gasteiger partial charge in [-0.15, -0.1) is 11.3 Å². The van der Waals surface area contributed by atoms with Crippen molar-refractivity contribution in [3.05, 3.63) is 52.5 Å². The van der Waals surface area contributed by atoms with Crippen molar-refractivity contribution in [2.24, 2.45) is 0 Å². The molecule has 0 bridgehead atoms. The predicted octanol–water partition coefficient (Wildman–Crippen LogP) is 2.76. The van der Waals surface area contributed by atoms with Crippen LogP contribution in [0.4, 0.5) is 0 Å². The summed E-state index contributed by atoms with van der Waals surface area (Å²) in [7, 11) is 4.00. The number of likely N-dealkylation sites (N-methyl/N-ethyl adjacent to an activating group) is 1. The SMILES string of the molecule is CN(C)C(CNC(=O)c1cc(-c2ccco2)[nH]n1)c1cccs1. The lowest BCUT2D eigenvalue weighted by Crippen LogP contribution is -2.34. The number of aromatic nitrogens is 2. The number of hydrogen-bond donors (Lipinski definition) is 2. The Morgan fingerprint density at radius 1 is 1.43 bits per heavy atom. The Hall–Kier alpha value is -2.38. The highest BCUT2D eigenvalue weighted by molar-refractivity contribution is 7.10. The summed E-state index contributed by atoms with van der Waals surface area (Å²) in [5.74, 6) is 0.448. The van der Waals surface area contributed by atoms with Crippen LogP contribution < -0.4 is 5.32 Å². The van der Waals surface area contributed by atoms with Crippen LogP contribution in [-0.4, -0.2) is 41.6 Å². The van der Waals surface area contributed by atoms with Crippen molar-refractivity contribution in [3.8, 4) is 11.5 Å². The molecule has 3 heterocycles. The number of furan rings is 1. The van der Waals surface area contributed by atoms with Crippen molar-refractivity contribution in [3.63, 3.8) is 0 Å². The summed E-state index contributed by atoms with van der Waals surface area (Å²) in [6.45, 7) is 0.523. The van der Waals surface area contributed by atoms with E-state index in [9.17, 15) is 4.79 Å². The van der Waals surface area contributed by atoms with Gasteiger partial charge in [-0.2, -0.15) is 5.10 Å². The van der Waals surface area contributed by atoms with E-state index in [-0.39, 0.29) is 11.9 Å². The first-order valence-electron chi connectivity index (χ1n) is 7.22. The molecule has 1 atom stereocenters. The molecular formula is C16H18N4O2S. The molecule has 0 fully saturated rings. The van der Waals surface area contributed by atoms with E-state index in [1.807, 2.05) is 31.6 Å². The van der Waals surface area contributed by atoms with Crippen LogP contribution in [0.15, 0.2) is 46.4 Å². The lowest BCUT2D eigenvalue weighted by molar-refractivity contribution is 0.0937. The molecule has 23 heavy (non-hydrogen) atoms. The van der Waals surface area contributed by atoms with Gasteiger partial charge < -0.3 is 14.6 Å². The average Bonchev–Trinajstić information content (AvgIpc) is 3.27. The van der Waals surface area contributed by atoms with Gasteiger partial charge in [0.2, 0.25) is 0 Å². The molecule has 6 nitrogen and oxygen atoms in total. The van der Waals surface area contributed by atoms with E-state index in [1.165, 1.54) is 4.88 Å². The summed E-state index contributed by atoms with van der Waals surface area (Å²) in [6, 6.07) is 9.52. The fourth-order valence-electron chi connectivity index (χ4n) is 2.29. The van der Waals surface area contributed by atoms with E-state index in [1.54, 1.807) is 29.7 Å². The summed E-state index contributed by atoms with van der Waals surface area (Å²) in [4.78, 5) is 15.6. The van der Waals surface area contributed by atoms with Crippen molar-refractivity contribution in [1.82, 2.24) is 20.4 Å². The van der Waals surface area contributed by atoms with Gasteiger partial charge in [-0.3, -0.25) is 9.89 Å². The lowest BCUT2D eigenvalue weighted by atomic mass is 10.2. The number of nitrogens with one attached hydrogen (secondary N) is 2. The molecule has 0 aliphatic rings. The zero-order valence-corrected chi connectivity index (χ0v) is 13.8. The Morgan fingerprint density at radius 3 is 2.96 bits per heavy atom. The van der Waals surface area contributed by atoms with Gasteiger partial charge in [0.05, 0.1) is 12.3 Å². The van der Waals surface area contributed by atoms with Gasteiger partial charge in [0, 0.05) is 17.5 Å². The second kappa shape index (κ2) is 6.80. The smallest absolute Gasteiger partial charge is 0.271 e. The monoisotopic (exact) mass is 330 g/mol. The van der Waals surface area contributed by atoms with Crippen LogP contribution >= 0.6 is 11.3 Å². The number of amides is 1. The predicted molar refractivity (Wildman–Crippen MR) is 89.4 cm³/mol. The third kappa shape index (κ3) is 3.52. The molecule has 0 radical (unpaired) electrons. The lowest BCUT2D eigenvalue weighted by Gasteiger charge is -2.23. The molecule has 0 aliphatic heterocycles. The van der Waals surface area contributed by atoms with Crippen LogP contribution in [0, 0.1) is 0 Å². The number of H-pyrrole nitrogens is 1. The van der Waals surface area contributed by atoms with Gasteiger partial charge in [-0.05, 0) is 37.7 Å². The molecule has 3 rings (SSSR count). The first-order chi connectivity index (χ1) is 11.1. The molecule has 0 saturated carbocycles. The second-order valence-electron chi connectivity index (χ2n) is 5.35. The Labute approximate surface area is 138 Å². The van der Waals surface area contributed by atoms with Gasteiger partial charge in [0.25, 0.3) is 5.91 Å². The summed E-state index contributed by atoms with van der Waals surface area (Å²) in [5.41, 5.74) is 1.03. The third-order valence-electron chi connectivity index (χ3n) is 3.55.